The van der Waals surface area contributed by atoms with Gasteiger partial charge in [0.2, 0.25) is 0 Å². The molecule has 0 radical (unpaired) electrons. The van der Waals surface area contributed by atoms with E-state index in [-0.39, 0.29) is 12.1 Å². The van der Waals surface area contributed by atoms with Gasteiger partial charge in [-0.15, -0.1) is 0 Å². The van der Waals surface area contributed by atoms with E-state index in [1.165, 1.54) is 84.3 Å². The van der Waals surface area contributed by atoms with Crippen LogP contribution >= 0.6 is 15.9 Å². The average Bonchev–Trinajstić information content (AvgIpc) is 2.52. The van der Waals surface area contributed by atoms with Crippen LogP contribution in [0.2, 0.25) is 0 Å². The van der Waals surface area contributed by atoms with Crippen LogP contribution in [0.5, 0.6) is 0 Å². The molecule has 1 rings (SSSR count). The van der Waals surface area contributed by atoms with Crippen LogP contribution in [0, 0.1) is 0 Å². The van der Waals surface area contributed by atoms with Gasteiger partial charge in [-0.05, 0) is 51.7 Å². The molecule has 3 nitrogen and oxygen atoms in total. The Bertz CT molecular complexity index is 280. The zero-order valence-corrected chi connectivity index (χ0v) is 15.9. The summed E-state index contributed by atoms with van der Waals surface area (Å²) in [6.45, 7) is 5.46. The molecule has 0 aromatic heterocycles. The highest BCUT2D eigenvalue weighted by Crippen LogP contribution is 2.14. The second-order valence-electron chi connectivity index (χ2n) is 6.55. The lowest BCUT2D eigenvalue weighted by Gasteiger charge is -2.26. The molecular formula is C18H34BrNO2. The molecule has 0 aliphatic carbocycles. The zero-order valence-electron chi connectivity index (χ0n) is 14.3. The fourth-order valence-electron chi connectivity index (χ4n) is 3.18. The number of carbonyl (C=O) groups is 1. The Hall–Kier alpha value is -0.0900. The van der Waals surface area contributed by atoms with Crippen molar-refractivity contribution in [1.82, 2.24) is 4.90 Å². The Morgan fingerprint density at radius 2 is 1.59 bits per heavy atom. The van der Waals surface area contributed by atoms with E-state index < -0.39 is 0 Å². The van der Waals surface area contributed by atoms with E-state index in [1.807, 2.05) is 0 Å². The first-order chi connectivity index (χ1) is 10.7. The predicted octanol–water partition coefficient (Wildman–Crippen LogP) is 4.92. The Morgan fingerprint density at radius 1 is 1.00 bits per heavy atom. The Kier molecular flexibility index (Phi) is 12.1. The van der Waals surface area contributed by atoms with Gasteiger partial charge in [0, 0.05) is 12.3 Å². The number of unbranched alkanes of at least 4 members (excludes halogenated alkanes) is 6. The minimum absolute atomic E-state index is 0.0574. The van der Waals surface area contributed by atoms with Crippen molar-refractivity contribution in [2.45, 2.75) is 83.7 Å². The zero-order chi connectivity index (χ0) is 16.0. The lowest BCUT2D eigenvalue weighted by molar-refractivity contribution is -0.145. The number of alkyl halides is 1. The molecule has 130 valence electrons. The summed E-state index contributed by atoms with van der Waals surface area (Å²) in [7, 11) is 0. The maximum absolute atomic E-state index is 10.9. The van der Waals surface area contributed by atoms with E-state index in [9.17, 15) is 4.79 Å². The van der Waals surface area contributed by atoms with Gasteiger partial charge in [-0.2, -0.15) is 0 Å². The molecule has 0 amide bonds. The van der Waals surface area contributed by atoms with Crippen molar-refractivity contribution in [3.63, 3.8) is 0 Å². The molecular weight excluding hydrogens is 342 g/mol. The number of likely N-dealkylation sites (tertiary alicyclic amines) is 1. The monoisotopic (exact) mass is 375 g/mol. The van der Waals surface area contributed by atoms with Crippen molar-refractivity contribution in [3.8, 4) is 0 Å². The van der Waals surface area contributed by atoms with Gasteiger partial charge in [0.1, 0.15) is 6.10 Å². The highest BCUT2D eigenvalue weighted by Gasteiger charge is 2.10. The number of hydrogen-bond acceptors (Lipinski definition) is 3. The van der Waals surface area contributed by atoms with E-state index in [0.29, 0.717) is 0 Å². The maximum atomic E-state index is 10.9. The highest BCUT2D eigenvalue weighted by molar-refractivity contribution is 9.09. The largest absolute Gasteiger partial charge is 0.462 e. The molecule has 0 saturated carbocycles. The molecule has 0 aromatic carbocycles. The third kappa shape index (κ3) is 10.6. The van der Waals surface area contributed by atoms with Crippen LogP contribution in [0.15, 0.2) is 0 Å². The summed E-state index contributed by atoms with van der Waals surface area (Å²) in [4.78, 5) is 13.6. The van der Waals surface area contributed by atoms with Crippen molar-refractivity contribution in [2.75, 3.05) is 25.0 Å². The van der Waals surface area contributed by atoms with E-state index in [0.717, 1.165) is 18.2 Å². The third-order valence-electron chi connectivity index (χ3n) is 4.45. The molecule has 1 saturated heterocycles. The van der Waals surface area contributed by atoms with E-state index in [1.54, 1.807) is 0 Å². The van der Waals surface area contributed by atoms with Crippen molar-refractivity contribution in [3.05, 3.63) is 0 Å². The number of carbonyl (C=O) groups excluding carboxylic acids is 1. The molecule has 1 atom stereocenters. The molecule has 1 unspecified atom stereocenters. The van der Waals surface area contributed by atoms with Crippen LogP contribution in [-0.4, -0.2) is 41.9 Å². The number of rotatable bonds is 12. The average molecular weight is 376 g/mol. The van der Waals surface area contributed by atoms with Crippen LogP contribution < -0.4 is 0 Å². The van der Waals surface area contributed by atoms with Gasteiger partial charge in [0.15, 0.2) is 0 Å². The van der Waals surface area contributed by atoms with Crippen LogP contribution in [0.3, 0.4) is 0 Å². The van der Waals surface area contributed by atoms with E-state index in [2.05, 4.69) is 20.8 Å². The quantitative estimate of drug-likeness (QED) is 0.275. The van der Waals surface area contributed by atoms with Crippen molar-refractivity contribution >= 4 is 21.9 Å². The number of nitrogens with zero attached hydrogens (tertiary/aromatic N) is 1. The van der Waals surface area contributed by atoms with Crippen molar-refractivity contribution < 1.29 is 9.53 Å². The lowest BCUT2D eigenvalue weighted by Crippen LogP contribution is -2.30. The first-order valence-electron chi connectivity index (χ1n) is 9.18. The summed E-state index contributed by atoms with van der Waals surface area (Å²) in [5.41, 5.74) is 0. The predicted molar refractivity (Wildman–Crippen MR) is 96.6 cm³/mol. The minimum Gasteiger partial charge on any atom is -0.462 e. The first-order valence-corrected chi connectivity index (χ1v) is 10.3. The molecule has 4 heteroatoms. The van der Waals surface area contributed by atoms with E-state index in [4.69, 9.17) is 4.74 Å². The molecule has 1 heterocycles. The summed E-state index contributed by atoms with van der Waals surface area (Å²) in [6, 6.07) is 0. The Labute approximate surface area is 145 Å². The molecule has 1 aliphatic heterocycles. The van der Waals surface area contributed by atoms with Crippen LogP contribution in [0.1, 0.15) is 77.6 Å². The van der Waals surface area contributed by atoms with Crippen LogP contribution in [-0.2, 0) is 9.53 Å². The number of hydrogen-bond donors (Lipinski definition) is 0. The SMILES string of the molecule is CC(=O)OC(CBr)CCCCCCCCCN1CCCCC1. The molecule has 0 aromatic rings. The number of piperidine rings is 1. The minimum atomic E-state index is -0.168. The smallest absolute Gasteiger partial charge is 0.302 e. The normalized spacial score (nSPS) is 17.4. The second kappa shape index (κ2) is 13.4. The Morgan fingerprint density at radius 3 is 2.18 bits per heavy atom. The van der Waals surface area contributed by atoms with Gasteiger partial charge in [-0.1, -0.05) is 54.5 Å². The Balaban J connectivity index is 1.83. The van der Waals surface area contributed by atoms with Gasteiger partial charge in [0.05, 0.1) is 0 Å². The van der Waals surface area contributed by atoms with Crippen molar-refractivity contribution in [2.24, 2.45) is 0 Å². The summed E-state index contributed by atoms with van der Waals surface area (Å²) in [6.07, 6.45) is 14.5. The van der Waals surface area contributed by atoms with Crippen LogP contribution in [0.25, 0.3) is 0 Å². The molecule has 0 N–H and O–H groups in total. The first kappa shape index (κ1) is 20.0. The molecule has 0 spiro atoms. The van der Waals surface area contributed by atoms with E-state index >= 15 is 0 Å². The number of ether oxygens (including phenoxy) is 1. The number of halogens is 1. The van der Waals surface area contributed by atoms with Gasteiger partial charge in [-0.3, -0.25) is 4.79 Å². The standard InChI is InChI=1S/C18H34BrNO2/c1-17(21)22-18(16-19)12-8-5-3-2-4-6-9-13-20-14-10-7-11-15-20/h18H,2-16H2,1H3. The topological polar surface area (TPSA) is 29.5 Å². The fourth-order valence-corrected chi connectivity index (χ4v) is 3.63. The summed E-state index contributed by atoms with van der Waals surface area (Å²) >= 11 is 3.41. The van der Waals surface area contributed by atoms with Gasteiger partial charge < -0.3 is 9.64 Å². The highest BCUT2D eigenvalue weighted by atomic mass is 79.9. The number of esters is 1. The molecule has 1 aliphatic rings. The van der Waals surface area contributed by atoms with Crippen LogP contribution in [0.4, 0.5) is 0 Å². The summed E-state index contributed by atoms with van der Waals surface area (Å²) in [5.74, 6) is -0.168. The molecule has 0 bridgehead atoms. The van der Waals surface area contributed by atoms with Gasteiger partial charge >= 0.3 is 5.97 Å². The summed E-state index contributed by atoms with van der Waals surface area (Å²) < 4.78 is 5.23. The maximum Gasteiger partial charge on any atom is 0.302 e. The van der Waals surface area contributed by atoms with Crippen molar-refractivity contribution in [1.29, 1.82) is 0 Å². The van der Waals surface area contributed by atoms with Gasteiger partial charge in [-0.25, -0.2) is 0 Å². The second-order valence-corrected chi connectivity index (χ2v) is 7.20. The third-order valence-corrected chi connectivity index (χ3v) is 5.18. The fraction of sp³-hybridized carbons (Fsp3) is 0.944. The summed E-state index contributed by atoms with van der Waals surface area (Å²) in [5, 5.41) is 0.753. The molecule has 22 heavy (non-hydrogen) atoms. The molecule has 1 fully saturated rings. The lowest BCUT2D eigenvalue weighted by atomic mass is 10.1. The van der Waals surface area contributed by atoms with Gasteiger partial charge in [0.25, 0.3) is 0 Å².